The summed E-state index contributed by atoms with van der Waals surface area (Å²) in [6.07, 6.45) is 3.66. The van der Waals surface area contributed by atoms with Crippen LogP contribution in [0.25, 0.3) is 0 Å². The molecule has 1 aromatic rings. The van der Waals surface area contributed by atoms with Crippen LogP contribution < -0.4 is 16.6 Å². The second-order valence-corrected chi connectivity index (χ2v) is 3.95. The zero-order valence-corrected chi connectivity index (χ0v) is 8.70. The third-order valence-corrected chi connectivity index (χ3v) is 2.87. The molecule has 6 nitrogen and oxygen atoms in total. The molecule has 1 saturated carbocycles. The van der Waals surface area contributed by atoms with Crippen LogP contribution in [-0.2, 0) is 0 Å². The fourth-order valence-corrected chi connectivity index (χ4v) is 1.70. The lowest BCUT2D eigenvalue weighted by Gasteiger charge is -2.41. The van der Waals surface area contributed by atoms with Gasteiger partial charge in [0.2, 0.25) is 5.95 Å². The molecule has 5 N–H and O–H groups in total. The van der Waals surface area contributed by atoms with Crippen LogP contribution in [-0.4, -0.2) is 27.2 Å². The summed E-state index contributed by atoms with van der Waals surface area (Å²) in [6, 6.07) is 0. The van der Waals surface area contributed by atoms with Gasteiger partial charge in [0.15, 0.2) is 11.6 Å². The number of nitrogens with one attached hydrogen (secondary N) is 2. The molecule has 1 aliphatic rings. The van der Waals surface area contributed by atoms with Gasteiger partial charge in [0.1, 0.15) is 0 Å². The third-order valence-electron chi connectivity index (χ3n) is 2.87. The molecular weight excluding hydrogens is 213 g/mol. The molecule has 0 amide bonds. The van der Waals surface area contributed by atoms with Gasteiger partial charge in [-0.3, -0.25) is 5.43 Å². The molecule has 0 aromatic carbocycles. The van der Waals surface area contributed by atoms with Crippen LogP contribution in [0.2, 0.25) is 0 Å². The largest absolute Gasteiger partial charge is 0.394 e. The topological polar surface area (TPSA) is 96.1 Å². The minimum absolute atomic E-state index is 0.0399. The highest BCUT2D eigenvalue weighted by Crippen LogP contribution is 2.34. The number of aliphatic hydroxyl groups excluding tert-OH is 1. The normalized spacial score (nSPS) is 17.7. The minimum Gasteiger partial charge on any atom is -0.394 e. The van der Waals surface area contributed by atoms with E-state index >= 15 is 0 Å². The van der Waals surface area contributed by atoms with Gasteiger partial charge in [0, 0.05) is 0 Å². The lowest BCUT2D eigenvalue weighted by atomic mass is 9.77. The number of nitrogens with zero attached hydrogens (tertiary/aromatic N) is 2. The Morgan fingerprint density at radius 1 is 1.56 bits per heavy atom. The average molecular weight is 227 g/mol. The number of hydrazine groups is 1. The first kappa shape index (κ1) is 11.0. The lowest BCUT2D eigenvalue weighted by molar-refractivity contribution is 0.143. The van der Waals surface area contributed by atoms with E-state index in [1.165, 1.54) is 0 Å². The number of rotatable bonds is 4. The maximum atomic E-state index is 13.4. The van der Waals surface area contributed by atoms with E-state index in [-0.39, 0.29) is 18.4 Å². The van der Waals surface area contributed by atoms with Crippen LogP contribution in [0.15, 0.2) is 6.20 Å². The molecule has 0 bridgehead atoms. The third kappa shape index (κ3) is 1.91. The van der Waals surface area contributed by atoms with Gasteiger partial charge in [-0.1, -0.05) is 0 Å². The second kappa shape index (κ2) is 4.18. The maximum Gasteiger partial charge on any atom is 0.239 e. The van der Waals surface area contributed by atoms with Crippen molar-refractivity contribution in [3.63, 3.8) is 0 Å². The highest BCUT2D eigenvalue weighted by atomic mass is 19.1. The fourth-order valence-electron chi connectivity index (χ4n) is 1.70. The van der Waals surface area contributed by atoms with Gasteiger partial charge < -0.3 is 10.4 Å². The van der Waals surface area contributed by atoms with E-state index in [4.69, 9.17) is 5.84 Å². The van der Waals surface area contributed by atoms with Gasteiger partial charge in [-0.05, 0) is 19.3 Å². The van der Waals surface area contributed by atoms with Crippen LogP contribution in [0, 0.1) is 5.82 Å². The van der Waals surface area contributed by atoms with Crippen LogP contribution in [0.5, 0.6) is 0 Å². The number of nitrogen functional groups attached to an aromatic ring is 1. The Labute approximate surface area is 92.1 Å². The smallest absolute Gasteiger partial charge is 0.239 e. The Bertz CT molecular complexity index is 377. The predicted octanol–water partition coefficient (Wildman–Crippen LogP) is 0.228. The first-order valence-corrected chi connectivity index (χ1v) is 5.07. The van der Waals surface area contributed by atoms with E-state index in [0.717, 1.165) is 25.5 Å². The fraction of sp³-hybridized carbons (Fsp3) is 0.556. The quantitative estimate of drug-likeness (QED) is 0.434. The summed E-state index contributed by atoms with van der Waals surface area (Å²) in [5, 5.41) is 12.2. The molecule has 16 heavy (non-hydrogen) atoms. The zero-order valence-electron chi connectivity index (χ0n) is 8.70. The van der Waals surface area contributed by atoms with Gasteiger partial charge in [-0.25, -0.2) is 15.2 Å². The lowest BCUT2D eigenvalue weighted by Crippen LogP contribution is -2.48. The van der Waals surface area contributed by atoms with Crippen molar-refractivity contribution in [3.05, 3.63) is 12.0 Å². The van der Waals surface area contributed by atoms with Crippen molar-refractivity contribution in [1.29, 1.82) is 0 Å². The predicted molar refractivity (Wildman–Crippen MR) is 57.1 cm³/mol. The van der Waals surface area contributed by atoms with E-state index < -0.39 is 11.4 Å². The molecule has 1 heterocycles. The standard InChI is InChI=1S/C9H14FN5O/c10-6-4-12-8(15-11)13-7(6)14-9(5-16)2-1-3-9/h4,16H,1-3,5,11H2,(H2,12,13,14,15). The molecule has 2 rings (SSSR count). The molecule has 1 aliphatic carbocycles. The summed E-state index contributed by atoms with van der Waals surface area (Å²) in [4.78, 5) is 7.49. The first-order chi connectivity index (χ1) is 7.69. The van der Waals surface area contributed by atoms with Crippen molar-refractivity contribution in [2.45, 2.75) is 24.8 Å². The number of aromatic nitrogens is 2. The molecule has 7 heteroatoms. The summed E-state index contributed by atoms with van der Waals surface area (Å²) in [7, 11) is 0. The van der Waals surface area contributed by atoms with Gasteiger partial charge >= 0.3 is 0 Å². The second-order valence-electron chi connectivity index (χ2n) is 3.95. The Morgan fingerprint density at radius 2 is 2.31 bits per heavy atom. The Balaban J connectivity index is 2.19. The Hall–Kier alpha value is -1.47. The maximum absolute atomic E-state index is 13.4. The van der Waals surface area contributed by atoms with Crippen molar-refractivity contribution in [2.75, 3.05) is 17.3 Å². The van der Waals surface area contributed by atoms with Crippen LogP contribution >= 0.6 is 0 Å². The summed E-state index contributed by atoms with van der Waals surface area (Å²) < 4.78 is 13.4. The first-order valence-electron chi connectivity index (χ1n) is 5.07. The van der Waals surface area contributed by atoms with Crippen molar-refractivity contribution in [2.24, 2.45) is 5.84 Å². The number of anilines is 2. The molecular formula is C9H14FN5O. The minimum atomic E-state index is -0.557. The van der Waals surface area contributed by atoms with E-state index in [2.05, 4.69) is 20.7 Å². The van der Waals surface area contributed by atoms with Gasteiger partial charge in [0.05, 0.1) is 18.3 Å². The molecule has 1 aromatic heterocycles. The van der Waals surface area contributed by atoms with Crippen LogP contribution in [0.4, 0.5) is 16.2 Å². The molecule has 0 spiro atoms. The summed E-state index contributed by atoms with van der Waals surface area (Å²) >= 11 is 0. The number of halogens is 1. The van der Waals surface area contributed by atoms with Gasteiger partial charge in [-0.15, -0.1) is 0 Å². The zero-order chi connectivity index (χ0) is 11.6. The highest BCUT2D eigenvalue weighted by molar-refractivity contribution is 5.43. The SMILES string of the molecule is NNc1ncc(F)c(NC2(CO)CCC2)n1. The number of hydrogen-bond donors (Lipinski definition) is 4. The number of aliphatic hydroxyl groups is 1. The number of nitrogens with two attached hydrogens (primary N) is 1. The number of hydrogen-bond acceptors (Lipinski definition) is 6. The van der Waals surface area contributed by atoms with Crippen molar-refractivity contribution >= 4 is 11.8 Å². The van der Waals surface area contributed by atoms with Crippen LogP contribution in [0.1, 0.15) is 19.3 Å². The molecule has 88 valence electrons. The molecule has 0 aliphatic heterocycles. The van der Waals surface area contributed by atoms with Crippen molar-refractivity contribution in [3.8, 4) is 0 Å². The Morgan fingerprint density at radius 3 is 2.81 bits per heavy atom. The van der Waals surface area contributed by atoms with E-state index in [9.17, 15) is 9.50 Å². The molecule has 1 fully saturated rings. The van der Waals surface area contributed by atoms with Gasteiger partial charge in [-0.2, -0.15) is 4.98 Å². The summed E-state index contributed by atoms with van der Waals surface area (Å²) in [5.41, 5.74) is 1.80. The van der Waals surface area contributed by atoms with Crippen molar-refractivity contribution < 1.29 is 9.50 Å². The average Bonchev–Trinajstić information content (AvgIpc) is 2.26. The molecule has 0 atom stereocenters. The van der Waals surface area contributed by atoms with E-state index in [1.807, 2.05) is 0 Å². The summed E-state index contributed by atoms with van der Waals surface area (Å²) in [6.45, 7) is -0.0399. The Kier molecular flexibility index (Phi) is 2.88. The monoisotopic (exact) mass is 227 g/mol. The highest BCUT2D eigenvalue weighted by Gasteiger charge is 2.37. The summed E-state index contributed by atoms with van der Waals surface area (Å²) in [5.74, 6) is 4.78. The van der Waals surface area contributed by atoms with Crippen molar-refractivity contribution in [1.82, 2.24) is 9.97 Å². The van der Waals surface area contributed by atoms with E-state index in [0.29, 0.717) is 0 Å². The van der Waals surface area contributed by atoms with Gasteiger partial charge in [0.25, 0.3) is 0 Å². The van der Waals surface area contributed by atoms with Crippen LogP contribution in [0.3, 0.4) is 0 Å². The molecule has 0 unspecified atom stereocenters. The molecule has 0 radical (unpaired) electrons. The van der Waals surface area contributed by atoms with E-state index in [1.54, 1.807) is 0 Å². The molecule has 0 saturated heterocycles.